The summed E-state index contributed by atoms with van der Waals surface area (Å²) in [6, 6.07) is 0. The minimum Gasteiger partial charge on any atom is -0.469 e. The second-order valence-electron chi connectivity index (χ2n) is 5.44. The average molecular weight is 299 g/mol. The first-order chi connectivity index (χ1) is 9.45. The number of hydrogen-bond donors (Lipinski definition) is 1. The lowest BCUT2D eigenvalue weighted by atomic mass is 9.74. The largest absolute Gasteiger partial charge is 0.469 e. The molecule has 110 valence electrons. The number of methoxy groups -OCH3 is 1. The number of aromatic nitrogens is 2. The zero-order valence-electron chi connectivity index (χ0n) is 11.7. The van der Waals surface area contributed by atoms with E-state index in [0.29, 0.717) is 10.8 Å². The number of nitrogens with zero attached hydrogens (tertiary/aromatic N) is 2. The summed E-state index contributed by atoms with van der Waals surface area (Å²) in [5, 5.41) is 11.1. The van der Waals surface area contributed by atoms with Crippen molar-refractivity contribution in [2.24, 2.45) is 11.8 Å². The molecule has 1 heterocycles. The lowest BCUT2D eigenvalue weighted by Gasteiger charge is -2.36. The number of halogens is 1. The molecule has 1 N–H and O–H groups in total. The van der Waals surface area contributed by atoms with Gasteiger partial charge in [-0.1, -0.05) is 11.6 Å². The van der Waals surface area contributed by atoms with Gasteiger partial charge in [0.2, 0.25) is 0 Å². The van der Waals surface area contributed by atoms with Gasteiger partial charge in [0, 0.05) is 12.4 Å². The first kappa shape index (κ1) is 15.2. The van der Waals surface area contributed by atoms with Crippen molar-refractivity contribution in [3.8, 4) is 0 Å². The van der Waals surface area contributed by atoms with Crippen LogP contribution < -0.4 is 0 Å². The van der Waals surface area contributed by atoms with Crippen LogP contribution in [-0.4, -0.2) is 28.2 Å². The van der Waals surface area contributed by atoms with E-state index in [1.165, 1.54) is 19.5 Å². The third-order valence-corrected chi connectivity index (χ3v) is 4.32. The third-order valence-electron chi connectivity index (χ3n) is 4.13. The van der Waals surface area contributed by atoms with Crippen molar-refractivity contribution in [1.29, 1.82) is 0 Å². The van der Waals surface area contributed by atoms with Crippen LogP contribution in [0.3, 0.4) is 0 Å². The molecule has 0 aliphatic heterocycles. The maximum atomic E-state index is 11.5. The Labute approximate surface area is 123 Å². The van der Waals surface area contributed by atoms with Gasteiger partial charge >= 0.3 is 5.97 Å². The summed E-state index contributed by atoms with van der Waals surface area (Å²) in [4.78, 5) is 19.7. The van der Waals surface area contributed by atoms with E-state index in [-0.39, 0.29) is 17.8 Å². The second-order valence-corrected chi connectivity index (χ2v) is 5.88. The molecule has 0 aromatic carbocycles. The molecule has 1 aliphatic rings. The average Bonchev–Trinajstić information content (AvgIpc) is 2.47. The van der Waals surface area contributed by atoms with Gasteiger partial charge in [0.15, 0.2) is 5.82 Å². The molecule has 1 atom stereocenters. The van der Waals surface area contributed by atoms with Crippen LogP contribution in [0.5, 0.6) is 0 Å². The highest BCUT2D eigenvalue weighted by Crippen LogP contribution is 2.39. The fourth-order valence-electron chi connectivity index (χ4n) is 2.81. The van der Waals surface area contributed by atoms with Gasteiger partial charge in [0.25, 0.3) is 0 Å². The van der Waals surface area contributed by atoms with Crippen LogP contribution in [0.15, 0.2) is 12.4 Å². The number of esters is 1. The molecular weight excluding hydrogens is 280 g/mol. The summed E-state index contributed by atoms with van der Waals surface area (Å²) < 4.78 is 4.77. The number of aliphatic hydroxyl groups is 1. The van der Waals surface area contributed by atoms with Crippen LogP contribution >= 0.6 is 11.6 Å². The first-order valence-electron chi connectivity index (χ1n) is 6.73. The summed E-state index contributed by atoms with van der Waals surface area (Å²) in [7, 11) is 1.41. The van der Waals surface area contributed by atoms with Crippen molar-refractivity contribution in [3.05, 3.63) is 23.2 Å². The maximum Gasteiger partial charge on any atom is 0.308 e. The van der Waals surface area contributed by atoms with Crippen LogP contribution in [0.2, 0.25) is 5.02 Å². The normalized spacial score (nSPS) is 25.8. The molecule has 20 heavy (non-hydrogen) atoms. The number of carbonyl (C=O) groups is 1. The molecule has 5 nitrogen and oxygen atoms in total. The molecule has 0 saturated heterocycles. The Hall–Kier alpha value is -1.20. The molecule has 0 unspecified atom stereocenters. The van der Waals surface area contributed by atoms with Gasteiger partial charge in [-0.2, -0.15) is 0 Å². The van der Waals surface area contributed by atoms with E-state index in [2.05, 4.69) is 9.97 Å². The van der Waals surface area contributed by atoms with Crippen molar-refractivity contribution in [2.45, 2.75) is 38.2 Å². The molecule has 6 heteroatoms. The minimum atomic E-state index is -1.11. The third kappa shape index (κ3) is 3.10. The fraction of sp³-hybridized carbons (Fsp3) is 0.643. The van der Waals surface area contributed by atoms with Crippen molar-refractivity contribution < 1.29 is 14.6 Å². The van der Waals surface area contributed by atoms with Crippen LogP contribution in [0.25, 0.3) is 0 Å². The standard InChI is InChI=1S/C14H19ClN2O3/c1-14(19,13-16-7-11(15)8-17-13)10-5-3-9(4-6-10)12(18)20-2/h7-10,19H,3-6H2,1-2H3/t9?,10?,14-/m0/s1. The van der Waals surface area contributed by atoms with Crippen LogP contribution in [0.1, 0.15) is 38.4 Å². The molecule has 2 rings (SSSR count). The van der Waals surface area contributed by atoms with Gasteiger partial charge < -0.3 is 9.84 Å². The van der Waals surface area contributed by atoms with Crippen molar-refractivity contribution >= 4 is 17.6 Å². The highest BCUT2D eigenvalue weighted by molar-refractivity contribution is 6.30. The predicted octanol–water partition coefficient (Wildman–Crippen LogP) is 2.32. The molecule has 0 radical (unpaired) electrons. The van der Waals surface area contributed by atoms with Gasteiger partial charge in [-0.15, -0.1) is 0 Å². The zero-order chi connectivity index (χ0) is 14.8. The minimum absolute atomic E-state index is 0.0320. The SMILES string of the molecule is COC(=O)C1CCC([C@](C)(O)c2ncc(Cl)cn2)CC1. The van der Waals surface area contributed by atoms with E-state index in [4.69, 9.17) is 16.3 Å². The molecule has 1 aromatic rings. The summed E-state index contributed by atoms with van der Waals surface area (Å²) in [5.41, 5.74) is -1.11. The molecule has 1 fully saturated rings. The molecular formula is C14H19ClN2O3. The van der Waals surface area contributed by atoms with E-state index < -0.39 is 5.60 Å². The number of carbonyl (C=O) groups excluding carboxylic acids is 1. The maximum absolute atomic E-state index is 11.5. The lowest BCUT2D eigenvalue weighted by molar-refractivity contribution is -0.148. The van der Waals surface area contributed by atoms with E-state index in [1.54, 1.807) is 6.92 Å². The number of hydrogen-bond acceptors (Lipinski definition) is 5. The zero-order valence-corrected chi connectivity index (χ0v) is 12.4. The van der Waals surface area contributed by atoms with Gasteiger partial charge in [-0.05, 0) is 38.5 Å². The second kappa shape index (κ2) is 6.06. The van der Waals surface area contributed by atoms with Crippen molar-refractivity contribution in [2.75, 3.05) is 7.11 Å². The monoisotopic (exact) mass is 298 g/mol. The Morgan fingerprint density at radius 3 is 2.40 bits per heavy atom. The number of rotatable bonds is 3. The van der Waals surface area contributed by atoms with Gasteiger partial charge in [-0.3, -0.25) is 4.79 Å². The fourth-order valence-corrected chi connectivity index (χ4v) is 2.91. The van der Waals surface area contributed by atoms with Gasteiger partial charge in [0.1, 0.15) is 5.60 Å². The topological polar surface area (TPSA) is 72.3 Å². The molecule has 1 aliphatic carbocycles. The van der Waals surface area contributed by atoms with Gasteiger partial charge in [0.05, 0.1) is 18.1 Å². The smallest absolute Gasteiger partial charge is 0.308 e. The van der Waals surface area contributed by atoms with E-state index >= 15 is 0 Å². The first-order valence-corrected chi connectivity index (χ1v) is 7.11. The Bertz CT molecular complexity index is 468. The highest BCUT2D eigenvalue weighted by Gasteiger charge is 2.40. The van der Waals surface area contributed by atoms with E-state index in [1.807, 2.05) is 0 Å². The van der Waals surface area contributed by atoms with Crippen molar-refractivity contribution in [1.82, 2.24) is 9.97 Å². The Morgan fingerprint density at radius 2 is 1.90 bits per heavy atom. The van der Waals surface area contributed by atoms with E-state index in [9.17, 15) is 9.90 Å². The van der Waals surface area contributed by atoms with E-state index in [0.717, 1.165) is 25.7 Å². The Balaban J connectivity index is 2.05. The highest BCUT2D eigenvalue weighted by atomic mass is 35.5. The lowest BCUT2D eigenvalue weighted by Crippen LogP contribution is -2.37. The molecule has 1 aromatic heterocycles. The van der Waals surface area contributed by atoms with Gasteiger partial charge in [-0.25, -0.2) is 9.97 Å². The van der Waals surface area contributed by atoms with Crippen LogP contribution in [-0.2, 0) is 15.1 Å². The Morgan fingerprint density at radius 1 is 1.35 bits per heavy atom. The summed E-state index contributed by atoms with van der Waals surface area (Å²) in [6.07, 6.45) is 5.91. The number of ether oxygens (including phenoxy) is 1. The summed E-state index contributed by atoms with van der Waals surface area (Å²) in [6.45, 7) is 1.72. The Kier molecular flexibility index (Phi) is 4.60. The predicted molar refractivity (Wildman–Crippen MR) is 74.1 cm³/mol. The van der Waals surface area contributed by atoms with Crippen LogP contribution in [0, 0.1) is 11.8 Å². The molecule has 1 saturated carbocycles. The molecule has 0 amide bonds. The van der Waals surface area contributed by atoms with Crippen molar-refractivity contribution in [3.63, 3.8) is 0 Å². The molecule has 0 spiro atoms. The molecule has 0 bridgehead atoms. The quantitative estimate of drug-likeness (QED) is 0.867. The van der Waals surface area contributed by atoms with Crippen LogP contribution in [0.4, 0.5) is 0 Å². The summed E-state index contributed by atoms with van der Waals surface area (Å²) >= 11 is 5.76. The summed E-state index contributed by atoms with van der Waals surface area (Å²) in [5.74, 6) is 0.192.